The van der Waals surface area contributed by atoms with Crippen molar-refractivity contribution in [2.75, 3.05) is 20.8 Å². The van der Waals surface area contributed by atoms with Gasteiger partial charge in [0.15, 0.2) is 5.75 Å². The zero-order chi connectivity index (χ0) is 20.1. The van der Waals surface area contributed by atoms with Crippen LogP contribution in [0, 0.1) is 0 Å². The minimum absolute atomic E-state index is 0.253. The van der Waals surface area contributed by atoms with Gasteiger partial charge in [-0.25, -0.2) is 4.98 Å². The molecule has 3 aromatic rings. The Morgan fingerprint density at radius 2 is 1.79 bits per heavy atom. The van der Waals surface area contributed by atoms with E-state index in [4.69, 9.17) is 32.7 Å². The van der Waals surface area contributed by atoms with Crippen LogP contribution in [0.5, 0.6) is 11.5 Å². The highest BCUT2D eigenvalue weighted by Gasteiger charge is 2.13. The molecule has 0 bridgehead atoms. The summed E-state index contributed by atoms with van der Waals surface area (Å²) in [5.74, 6) is 0.910. The van der Waals surface area contributed by atoms with Crippen molar-refractivity contribution < 1.29 is 14.3 Å². The van der Waals surface area contributed by atoms with E-state index >= 15 is 0 Å². The van der Waals surface area contributed by atoms with E-state index in [1.54, 1.807) is 18.4 Å². The molecular formula is C20H18Cl2N2O3S. The lowest BCUT2D eigenvalue weighted by atomic mass is 10.2. The van der Waals surface area contributed by atoms with Crippen molar-refractivity contribution in [1.29, 1.82) is 0 Å². The number of ether oxygens (including phenoxy) is 2. The van der Waals surface area contributed by atoms with E-state index < -0.39 is 0 Å². The van der Waals surface area contributed by atoms with Gasteiger partial charge in [-0.15, -0.1) is 11.3 Å². The van der Waals surface area contributed by atoms with Crippen LogP contribution in [-0.4, -0.2) is 31.7 Å². The monoisotopic (exact) mass is 436 g/mol. The van der Waals surface area contributed by atoms with Crippen molar-refractivity contribution in [3.05, 3.63) is 63.1 Å². The molecular weight excluding hydrogens is 419 g/mol. The Labute approximate surface area is 177 Å². The smallest absolute Gasteiger partial charge is 0.251 e. The first-order chi connectivity index (χ1) is 13.5. The molecule has 0 radical (unpaired) electrons. The quantitative estimate of drug-likeness (QED) is 0.558. The molecule has 1 heterocycles. The number of halogens is 2. The number of carbonyl (C=O) groups is 1. The SMILES string of the molecule is COc1ccc(-c2nc(CCNC(=O)c3cc(Cl)c(OC)c(Cl)c3)cs2)cc1. The van der Waals surface area contributed by atoms with Crippen molar-refractivity contribution in [1.82, 2.24) is 10.3 Å². The van der Waals surface area contributed by atoms with E-state index in [1.165, 1.54) is 19.2 Å². The Morgan fingerprint density at radius 1 is 1.11 bits per heavy atom. The van der Waals surface area contributed by atoms with E-state index in [9.17, 15) is 4.79 Å². The average Bonchev–Trinajstić information content (AvgIpc) is 3.16. The zero-order valence-electron chi connectivity index (χ0n) is 15.3. The molecule has 0 fully saturated rings. The molecule has 2 aromatic carbocycles. The van der Waals surface area contributed by atoms with Crippen LogP contribution in [0.1, 0.15) is 16.1 Å². The molecule has 0 aliphatic rings. The normalized spacial score (nSPS) is 10.6. The molecule has 8 heteroatoms. The second-order valence-electron chi connectivity index (χ2n) is 5.85. The first kappa shape index (κ1) is 20.5. The highest BCUT2D eigenvalue weighted by molar-refractivity contribution is 7.13. The minimum atomic E-state index is -0.253. The molecule has 0 aliphatic carbocycles. The predicted octanol–water partition coefficient (Wildman–Crippen LogP) is 5.11. The van der Waals surface area contributed by atoms with Crippen molar-refractivity contribution in [3.8, 4) is 22.1 Å². The number of nitrogens with one attached hydrogen (secondary N) is 1. The van der Waals surface area contributed by atoms with Crippen LogP contribution in [0.3, 0.4) is 0 Å². The molecule has 1 amide bonds. The number of rotatable bonds is 7. The summed E-state index contributed by atoms with van der Waals surface area (Å²) in [4.78, 5) is 17.0. The van der Waals surface area contributed by atoms with Gasteiger partial charge in [0.05, 0.1) is 30.0 Å². The van der Waals surface area contributed by atoms with Crippen molar-refractivity contribution in [2.45, 2.75) is 6.42 Å². The Bertz CT molecular complexity index is 951. The predicted molar refractivity (Wildman–Crippen MR) is 113 cm³/mol. The van der Waals surface area contributed by atoms with Gasteiger partial charge in [0.2, 0.25) is 0 Å². The van der Waals surface area contributed by atoms with Crippen LogP contribution < -0.4 is 14.8 Å². The summed E-state index contributed by atoms with van der Waals surface area (Å²) < 4.78 is 10.3. The number of hydrogen-bond donors (Lipinski definition) is 1. The lowest BCUT2D eigenvalue weighted by Gasteiger charge is -2.09. The summed E-state index contributed by atoms with van der Waals surface area (Å²) in [6, 6.07) is 10.8. The van der Waals surface area contributed by atoms with Gasteiger partial charge < -0.3 is 14.8 Å². The van der Waals surface area contributed by atoms with E-state index in [-0.39, 0.29) is 5.91 Å². The number of benzene rings is 2. The third-order valence-corrected chi connectivity index (χ3v) is 5.52. The Kier molecular flexibility index (Phi) is 6.78. The molecule has 0 saturated heterocycles. The number of methoxy groups -OCH3 is 2. The molecule has 0 atom stereocenters. The third-order valence-electron chi connectivity index (χ3n) is 4.02. The number of carbonyl (C=O) groups excluding carboxylic acids is 1. The van der Waals surface area contributed by atoms with Crippen LogP contribution in [0.25, 0.3) is 10.6 Å². The molecule has 5 nitrogen and oxygen atoms in total. The fraction of sp³-hybridized carbons (Fsp3) is 0.200. The third kappa shape index (κ3) is 4.76. The van der Waals surface area contributed by atoms with Gasteiger partial charge in [-0.2, -0.15) is 0 Å². The van der Waals surface area contributed by atoms with Gasteiger partial charge in [-0.1, -0.05) is 23.2 Å². The standard InChI is InChI=1S/C20H18Cl2N2O3S/c1-26-15-5-3-12(4-6-15)20-24-14(11-28-20)7-8-23-19(25)13-9-16(21)18(27-2)17(22)10-13/h3-6,9-11H,7-8H2,1-2H3,(H,23,25). The van der Waals surface area contributed by atoms with E-state index in [0.717, 1.165) is 22.0 Å². The van der Waals surface area contributed by atoms with Crippen molar-refractivity contribution in [2.24, 2.45) is 0 Å². The van der Waals surface area contributed by atoms with Crippen molar-refractivity contribution in [3.63, 3.8) is 0 Å². The lowest BCUT2D eigenvalue weighted by Crippen LogP contribution is -2.25. The first-order valence-electron chi connectivity index (χ1n) is 8.42. The Hall–Kier alpha value is -2.28. The summed E-state index contributed by atoms with van der Waals surface area (Å²) >= 11 is 13.7. The van der Waals surface area contributed by atoms with Gasteiger partial charge in [-0.3, -0.25) is 4.79 Å². The van der Waals surface area contributed by atoms with E-state index in [0.29, 0.717) is 34.3 Å². The molecule has 0 saturated carbocycles. The molecule has 0 aliphatic heterocycles. The fourth-order valence-electron chi connectivity index (χ4n) is 2.58. The molecule has 0 unspecified atom stereocenters. The number of hydrogen-bond acceptors (Lipinski definition) is 5. The first-order valence-corrected chi connectivity index (χ1v) is 10.1. The van der Waals surface area contributed by atoms with Gasteiger partial charge in [0.25, 0.3) is 5.91 Å². The summed E-state index contributed by atoms with van der Waals surface area (Å²) in [6.07, 6.45) is 0.621. The summed E-state index contributed by atoms with van der Waals surface area (Å²) in [5.41, 5.74) is 2.33. The van der Waals surface area contributed by atoms with Crippen LogP contribution in [0.2, 0.25) is 10.0 Å². The van der Waals surface area contributed by atoms with Crippen LogP contribution in [0.15, 0.2) is 41.8 Å². The largest absolute Gasteiger partial charge is 0.497 e. The molecule has 0 spiro atoms. The highest BCUT2D eigenvalue weighted by Crippen LogP contribution is 2.33. The maximum Gasteiger partial charge on any atom is 0.251 e. The second-order valence-corrected chi connectivity index (χ2v) is 7.52. The van der Waals surface area contributed by atoms with Gasteiger partial charge in [-0.05, 0) is 36.4 Å². The fourth-order valence-corrected chi connectivity index (χ4v) is 4.08. The Morgan fingerprint density at radius 3 is 2.39 bits per heavy atom. The summed E-state index contributed by atoms with van der Waals surface area (Å²) in [6.45, 7) is 0.450. The van der Waals surface area contributed by atoms with Crippen LogP contribution in [-0.2, 0) is 6.42 Å². The maximum absolute atomic E-state index is 12.3. The molecule has 1 N–H and O–H groups in total. The average molecular weight is 437 g/mol. The van der Waals surface area contributed by atoms with Gasteiger partial charge in [0, 0.05) is 29.5 Å². The van der Waals surface area contributed by atoms with E-state index in [2.05, 4.69) is 10.3 Å². The lowest BCUT2D eigenvalue weighted by molar-refractivity contribution is 0.0954. The topological polar surface area (TPSA) is 60.5 Å². The zero-order valence-corrected chi connectivity index (χ0v) is 17.6. The number of amides is 1. The molecule has 146 valence electrons. The number of thiazole rings is 1. The number of aromatic nitrogens is 1. The summed E-state index contributed by atoms with van der Waals surface area (Å²) in [7, 11) is 3.11. The van der Waals surface area contributed by atoms with E-state index in [1.807, 2.05) is 29.6 Å². The highest BCUT2D eigenvalue weighted by atomic mass is 35.5. The summed E-state index contributed by atoms with van der Waals surface area (Å²) in [5, 5.41) is 6.37. The second kappa shape index (κ2) is 9.28. The molecule has 1 aromatic heterocycles. The minimum Gasteiger partial charge on any atom is -0.497 e. The maximum atomic E-state index is 12.3. The van der Waals surface area contributed by atoms with Crippen LogP contribution >= 0.6 is 34.5 Å². The van der Waals surface area contributed by atoms with Crippen molar-refractivity contribution >= 4 is 40.4 Å². The number of nitrogens with zero attached hydrogens (tertiary/aromatic N) is 1. The van der Waals surface area contributed by atoms with Gasteiger partial charge >= 0.3 is 0 Å². The molecule has 3 rings (SSSR count). The molecule has 28 heavy (non-hydrogen) atoms. The Balaban J connectivity index is 1.58. The van der Waals surface area contributed by atoms with Gasteiger partial charge in [0.1, 0.15) is 10.8 Å². The van der Waals surface area contributed by atoms with Crippen LogP contribution in [0.4, 0.5) is 0 Å².